The van der Waals surface area contributed by atoms with E-state index in [1.165, 1.54) is 4.57 Å². The molecule has 0 aliphatic heterocycles. The molecule has 130 valence electrons. The molecule has 0 amide bonds. The summed E-state index contributed by atoms with van der Waals surface area (Å²) in [6.07, 6.45) is -4.02. The molecule has 2 aromatic rings. The number of aromatic nitrogens is 2. The number of hydrogen-bond donors (Lipinski definition) is 0. The van der Waals surface area contributed by atoms with E-state index in [0.717, 1.165) is 17.3 Å². The number of thioether (sulfide) groups is 1. The van der Waals surface area contributed by atoms with Gasteiger partial charge in [-0.05, 0) is 24.1 Å². The molecule has 0 saturated heterocycles. The van der Waals surface area contributed by atoms with Gasteiger partial charge >= 0.3 is 6.18 Å². The number of nitrogens with zero attached hydrogens (tertiary/aromatic N) is 2. The van der Waals surface area contributed by atoms with Crippen molar-refractivity contribution in [1.82, 2.24) is 9.55 Å². The standard InChI is InChI=1S/C16H17F3N2O2S/c1-3-7-21-14(22)9-13(16(17,18)19)20-15(21)24-10-11-5-4-6-12(8-11)23-2/h4-6,8-9H,3,7,10H2,1-2H3. The van der Waals surface area contributed by atoms with E-state index in [0.29, 0.717) is 30.5 Å². The molecular weight excluding hydrogens is 341 g/mol. The van der Waals surface area contributed by atoms with Crippen LogP contribution in [-0.2, 0) is 18.5 Å². The van der Waals surface area contributed by atoms with Crippen molar-refractivity contribution in [2.45, 2.75) is 37.0 Å². The first-order valence-corrected chi connectivity index (χ1v) is 8.28. The van der Waals surface area contributed by atoms with Crippen molar-refractivity contribution < 1.29 is 17.9 Å². The van der Waals surface area contributed by atoms with E-state index in [1.54, 1.807) is 25.3 Å². The molecule has 1 heterocycles. The van der Waals surface area contributed by atoms with Gasteiger partial charge in [0.15, 0.2) is 10.9 Å². The van der Waals surface area contributed by atoms with Gasteiger partial charge in [-0.1, -0.05) is 30.8 Å². The van der Waals surface area contributed by atoms with Crippen LogP contribution < -0.4 is 10.3 Å². The summed E-state index contributed by atoms with van der Waals surface area (Å²) in [4.78, 5) is 15.6. The molecule has 1 aromatic heterocycles. The number of benzene rings is 1. The summed E-state index contributed by atoms with van der Waals surface area (Å²) < 4.78 is 45.1. The van der Waals surface area contributed by atoms with E-state index >= 15 is 0 Å². The number of hydrogen-bond acceptors (Lipinski definition) is 4. The molecular formula is C16H17F3N2O2S. The number of halogens is 3. The Morgan fingerprint density at radius 3 is 2.67 bits per heavy atom. The van der Waals surface area contributed by atoms with Crippen LogP contribution in [0.1, 0.15) is 24.6 Å². The maximum absolute atomic E-state index is 12.9. The second-order valence-corrected chi connectivity index (χ2v) is 5.99. The highest BCUT2D eigenvalue weighted by atomic mass is 32.2. The van der Waals surface area contributed by atoms with Gasteiger partial charge < -0.3 is 4.74 Å². The Balaban J connectivity index is 2.32. The van der Waals surface area contributed by atoms with Crippen LogP contribution in [-0.4, -0.2) is 16.7 Å². The van der Waals surface area contributed by atoms with Crippen molar-refractivity contribution in [2.75, 3.05) is 7.11 Å². The molecule has 0 aliphatic rings. The van der Waals surface area contributed by atoms with Gasteiger partial charge in [0.05, 0.1) is 7.11 Å². The fourth-order valence-corrected chi connectivity index (χ4v) is 3.06. The number of alkyl halides is 3. The van der Waals surface area contributed by atoms with E-state index < -0.39 is 17.4 Å². The first kappa shape index (κ1) is 18.4. The Kier molecular flexibility index (Phi) is 5.93. The van der Waals surface area contributed by atoms with Gasteiger partial charge in [0.2, 0.25) is 0 Å². The van der Waals surface area contributed by atoms with E-state index in [9.17, 15) is 18.0 Å². The van der Waals surface area contributed by atoms with E-state index in [1.807, 2.05) is 13.0 Å². The molecule has 0 unspecified atom stereocenters. The zero-order chi connectivity index (χ0) is 17.7. The second kappa shape index (κ2) is 7.74. The van der Waals surface area contributed by atoms with Crippen LogP contribution in [0.3, 0.4) is 0 Å². The molecule has 0 radical (unpaired) electrons. The third kappa shape index (κ3) is 4.53. The molecule has 24 heavy (non-hydrogen) atoms. The quantitative estimate of drug-likeness (QED) is 0.579. The largest absolute Gasteiger partial charge is 0.497 e. The molecule has 0 saturated carbocycles. The predicted molar refractivity (Wildman–Crippen MR) is 86.3 cm³/mol. The third-order valence-electron chi connectivity index (χ3n) is 3.21. The van der Waals surface area contributed by atoms with Gasteiger partial charge in [-0.15, -0.1) is 0 Å². The van der Waals surface area contributed by atoms with Gasteiger partial charge in [-0.3, -0.25) is 9.36 Å². The van der Waals surface area contributed by atoms with Crippen molar-refractivity contribution >= 4 is 11.8 Å². The third-order valence-corrected chi connectivity index (χ3v) is 4.26. The molecule has 0 spiro atoms. The molecule has 1 aromatic carbocycles. The first-order chi connectivity index (χ1) is 11.3. The smallest absolute Gasteiger partial charge is 0.433 e. The van der Waals surface area contributed by atoms with E-state index in [4.69, 9.17) is 4.74 Å². The molecule has 0 N–H and O–H groups in total. The fourth-order valence-electron chi connectivity index (χ4n) is 2.08. The van der Waals surface area contributed by atoms with Crippen molar-refractivity contribution in [1.29, 1.82) is 0 Å². The Morgan fingerprint density at radius 2 is 2.04 bits per heavy atom. The summed E-state index contributed by atoms with van der Waals surface area (Å²) in [5.41, 5.74) is -0.977. The summed E-state index contributed by atoms with van der Waals surface area (Å²) in [5, 5.41) is 0.0690. The Morgan fingerprint density at radius 1 is 1.29 bits per heavy atom. The van der Waals surface area contributed by atoms with Crippen molar-refractivity contribution in [2.24, 2.45) is 0 Å². The summed E-state index contributed by atoms with van der Waals surface area (Å²) in [5.74, 6) is 1.05. The Labute approximate surface area is 141 Å². The lowest BCUT2D eigenvalue weighted by Crippen LogP contribution is -2.26. The van der Waals surface area contributed by atoms with Crippen LogP contribution in [0.2, 0.25) is 0 Å². The van der Waals surface area contributed by atoms with Gasteiger partial charge in [-0.25, -0.2) is 4.98 Å². The fraction of sp³-hybridized carbons (Fsp3) is 0.375. The Hall–Kier alpha value is -1.96. The van der Waals surface area contributed by atoms with Crippen LogP contribution in [0.5, 0.6) is 5.75 Å². The highest BCUT2D eigenvalue weighted by Crippen LogP contribution is 2.29. The van der Waals surface area contributed by atoms with Gasteiger partial charge in [-0.2, -0.15) is 13.2 Å². The zero-order valence-electron chi connectivity index (χ0n) is 13.3. The molecule has 0 atom stereocenters. The lowest BCUT2D eigenvalue weighted by molar-refractivity contribution is -0.141. The maximum Gasteiger partial charge on any atom is 0.433 e. The topological polar surface area (TPSA) is 44.1 Å². The molecule has 4 nitrogen and oxygen atoms in total. The highest BCUT2D eigenvalue weighted by molar-refractivity contribution is 7.98. The summed E-state index contributed by atoms with van der Waals surface area (Å²) in [6.45, 7) is 2.17. The number of methoxy groups -OCH3 is 1. The maximum atomic E-state index is 12.9. The van der Waals surface area contributed by atoms with Crippen molar-refractivity contribution in [3.8, 4) is 5.75 Å². The SMILES string of the molecule is CCCn1c(SCc2cccc(OC)c2)nc(C(F)(F)F)cc1=O. The van der Waals surface area contributed by atoms with Gasteiger partial charge in [0, 0.05) is 18.4 Å². The minimum absolute atomic E-state index is 0.0690. The van der Waals surface area contributed by atoms with E-state index in [2.05, 4.69) is 4.98 Å². The zero-order valence-corrected chi connectivity index (χ0v) is 14.1. The minimum Gasteiger partial charge on any atom is -0.497 e. The van der Waals surface area contributed by atoms with E-state index in [-0.39, 0.29) is 5.16 Å². The Bertz CT molecular complexity index is 760. The van der Waals surface area contributed by atoms with Crippen LogP contribution in [0.4, 0.5) is 13.2 Å². The molecule has 2 rings (SSSR count). The summed E-state index contributed by atoms with van der Waals surface area (Å²) in [7, 11) is 1.54. The van der Waals surface area contributed by atoms with Crippen LogP contribution in [0.25, 0.3) is 0 Å². The molecule has 0 aliphatic carbocycles. The van der Waals surface area contributed by atoms with Crippen LogP contribution in [0.15, 0.2) is 40.3 Å². The normalized spacial score (nSPS) is 11.5. The number of rotatable bonds is 6. The summed E-state index contributed by atoms with van der Waals surface area (Å²) >= 11 is 1.10. The van der Waals surface area contributed by atoms with Crippen LogP contribution in [0, 0.1) is 0 Å². The lowest BCUT2D eigenvalue weighted by Gasteiger charge is -2.13. The first-order valence-electron chi connectivity index (χ1n) is 7.30. The number of ether oxygens (including phenoxy) is 1. The predicted octanol–water partition coefficient (Wildman–Crippen LogP) is 3.97. The van der Waals surface area contributed by atoms with Gasteiger partial charge in [0.1, 0.15) is 5.75 Å². The van der Waals surface area contributed by atoms with Crippen molar-refractivity contribution in [3.63, 3.8) is 0 Å². The van der Waals surface area contributed by atoms with Gasteiger partial charge in [0.25, 0.3) is 5.56 Å². The molecule has 8 heteroatoms. The molecule has 0 bridgehead atoms. The second-order valence-electron chi connectivity index (χ2n) is 5.05. The highest BCUT2D eigenvalue weighted by Gasteiger charge is 2.34. The minimum atomic E-state index is -4.64. The monoisotopic (exact) mass is 358 g/mol. The van der Waals surface area contributed by atoms with Crippen LogP contribution >= 0.6 is 11.8 Å². The average molecular weight is 358 g/mol. The van der Waals surface area contributed by atoms with Crippen molar-refractivity contribution in [3.05, 3.63) is 51.9 Å². The molecule has 0 fully saturated rings. The summed E-state index contributed by atoms with van der Waals surface area (Å²) in [6, 6.07) is 7.76. The lowest BCUT2D eigenvalue weighted by atomic mass is 10.2. The average Bonchev–Trinajstić information content (AvgIpc) is 2.54.